The maximum absolute atomic E-state index is 10.9. The highest BCUT2D eigenvalue weighted by molar-refractivity contribution is 5.76. The fourth-order valence-electron chi connectivity index (χ4n) is 3.13. The normalized spacial score (nSPS) is 12.4. The van der Waals surface area contributed by atoms with Crippen molar-refractivity contribution in [2.75, 3.05) is 0 Å². The molecule has 3 nitrogen and oxygen atoms in total. The molecule has 124 valence electrons. The molecule has 0 bridgehead atoms. The second-order valence-electron chi connectivity index (χ2n) is 6.34. The molecule has 0 radical (unpaired) electrons. The standard InChI is InChI=1S/C22H20N2O/c1-16-11-13-17(14-12-16)15-24-20-10-6-5-9-19(20)23-22(24)21(25)18-7-3-2-4-8-18/h2-14,21,25H,15H2,1H3/t21-/m0/s1. The van der Waals surface area contributed by atoms with E-state index >= 15 is 0 Å². The number of aliphatic hydroxyl groups excluding tert-OH is 1. The number of imidazole rings is 1. The van der Waals surface area contributed by atoms with E-state index < -0.39 is 6.10 Å². The molecule has 3 heteroatoms. The van der Waals surface area contributed by atoms with E-state index in [1.54, 1.807) is 0 Å². The van der Waals surface area contributed by atoms with Crippen molar-refractivity contribution in [3.05, 3.63) is 101 Å². The van der Waals surface area contributed by atoms with E-state index in [2.05, 4.69) is 41.8 Å². The summed E-state index contributed by atoms with van der Waals surface area (Å²) in [6, 6.07) is 26.2. The third kappa shape index (κ3) is 3.06. The number of aryl methyl sites for hydroxylation is 1. The molecule has 0 aliphatic carbocycles. The Kier molecular flexibility index (Phi) is 4.08. The van der Waals surface area contributed by atoms with Crippen molar-refractivity contribution in [1.82, 2.24) is 9.55 Å². The molecule has 1 N–H and O–H groups in total. The molecule has 25 heavy (non-hydrogen) atoms. The summed E-state index contributed by atoms with van der Waals surface area (Å²) in [4.78, 5) is 4.72. The molecule has 1 atom stereocenters. The Balaban J connectivity index is 1.82. The van der Waals surface area contributed by atoms with Crippen LogP contribution in [0.15, 0.2) is 78.9 Å². The van der Waals surface area contributed by atoms with E-state index in [-0.39, 0.29) is 0 Å². The van der Waals surface area contributed by atoms with Gasteiger partial charge in [-0.1, -0.05) is 72.3 Å². The Bertz CT molecular complexity index is 988. The summed E-state index contributed by atoms with van der Waals surface area (Å²) in [6.45, 7) is 2.76. The maximum atomic E-state index is 10.9. The first-order valence-corrected chi connectivity index (χ1v) is 8.46. The Hall–Kier alpha value is -2.91. The number of para-hydroxylation sites is 2. The van der Waals surface area contributed by atoms with Crippen LogP contribution in [0, 0.1) is 6.92 Å². The largest absolute Gasteiger partial charge is 0.380 e. The highest BCUT2D eigenvalue weighted by atomic mass is 16.3. The van der Waals surface area contributed by atoms with Gasteiger partial charge in [-0.05, 0) is 30.2 Å². The Labute approximate surface area is 147 Å². The van der Waals surface area contributed by atoms with E-state index in [1.165, 1.54) is 11.1 Å². The molecule has 0 unspecified atom stereocenters. The monoisotopic (exact) mass is 328 g/mol. The van der Waals surface area contributed by atoms with Gasteiger partial charge in [-0.2, -0.15) is 0 Å². The second-order valence-corrected chi connectivity index (χ2v) is 6.34. The lowest BCUT2D eigenvalue weighted by molar-refractivity contribution is 0.206. The van der Waals surface area contributed by atoms with Crippen LogP contribution in [-0.2, 0) is 6.54 Å². The summed E-state index contributed by atoms with van der Waals surface area (Å²) >= 11 is 0. The van der Waals surface area contributed by atoms with Gasteiger partial charge in [0.1, 0.15) is 11.9 Å². The number of hydrogen-bond acceptors (Lipinski definition) is 2. The van der Waals surface area contributed by atoms with Gasteiger partial charge in [0.05, 0.1) is 11.0 Å². The summed E-state index contributed by atoms with van der Waals surface area (Å²) in [5.74, 6) is 0.674. The van der Waals surface area contributed by atoms with E-state index in [0.717, 1.165) is 16.6 Å². The number of aliphatic hydroxyl groups is 1. The summed E-state index contributed by atoms with van der Waals surface area (Å²) in [7, 11) is 0. The van der Waals surface area contributed by atoms with Gasteiger partial charge in [-0.15, -0.1) is 0 Å². The maximum Gasteiger partial charge on any atom is 0.143 e. The van der Waals surface area contributed by atoms with Crippen molar-refractivity contribution in [2.45, 2.75) is 19.6 Å². The number of nitrogens with zero attached hydrogens (tertiary/aromatic N) is 2. The van der Waals surface area contributed by atoms with Crippen molar-refractivity contribution in [2.24, 2.45) is 0 Å². The summed E-state index contributed by atoms with van der Waals surface area (Å²) in [5.41, 5.74) is 5.22. The van der Waals surface area contributed by atoms with Crippen molar-refractivity contribution < 1.29 is 5.11 Å². The van der Waals surface area contributed by atoms with Crippen LogP contribution in [0.1, 0.15) is 28.6 Å². The minimum Gasteiger partial charge on any atom is -0.380 e. The zero-order chi connectivity index (χ0) is 17.2. The third-order valence-corrected chi connectivity index (χ3v) is 4.51. The number of aromatic nitrogens is 2. The smallest absolute Gasteiger partial charge is 0.143 e. The lowest BCUT2D eigenvalue weighted by atomic mass is 10.1. The number of hydrogen-bond donors (Lipinski definition) is 1. The Morgan fingerprint density at radius 2 is 1.56 bits per heavy atom. The first kappa shape index (κ1) is 15.6. The molecule has 1 heterocycles. The third-order valence-electron chi connectivity index (χ3n) is 4.51. The van der Waals surface area contributed by atoms with Crippen LogP contribution in [-0.4, -0.2) is 14.7 Å². The van der Waals surface area contributed by atoms with Crippen LogP contribution < -0.4 is 0 Å². The fourth-order valence-corrected chi connectivity index (χ4v) is 3.13. The zero-order valence-electron chi connectivity index (χ0n) is 14.1. The van der Waals surface area contributed by atoms with Gasteiger partial charge in [0.15, 0.2) is 0 Å². The quantitative estimate of drug-likeness (QED) is 0.600. The molecule has 0 fully saturated rings. The van der Waals surface area contributed by atoms with Gasteiger partial charge in [0, 0.05) is 6.54 Å². The van der Waals surface area contributed by atoms with Gasteiger partial charge in [0.25, 0.3) is 0 Å². The molecule has 4 rings (SSSR count). The summed E-state index contributed by atoms with van der Waals surface area (Å²) in [6.07, 6.45) is -0.751. The average molecular weight is 328 g/mol. The fraction of sp³-hybridized carbons (Fsp3) is 0.136. The molecule has 0 amide bonds. The molecule has 0 aliphatic heterocycles. The van der Waals surface area contributed by atoms with Gasteiger partial charge in [-0.3, -0.25) is 0 Å². The van der Waals surface area contributed by atoms with Crippen molar-refractivity contribution in [1.29, 1.82) is 0 Å². The molecule has 0 saturated heterocycles. The van der Waals surface area contributed by atoms with E-state index in [0.29, 0.717) is 12.4 Å². The average Bonchev–Trinajstić information content (AvgIpc) is 3.02. The SMILES string of the molecule is Cc1ccc(Cn2c([C@@H](O)c3ccccc3)nc3ccccc32)cc1. The zero-order valence-corrected chi connectivity index (χ0v) is 14.1. The summed E-state index contributed by atoms with van der Waals surface area (Å²) < 4.78 is 2.11. The molecule has 0 spiro atoms. The minimum absolute atomic E-state index is 0.674. The minimum atomic E-state index is -0.751. The molecule has 4 aromatic rings. The van der Waals surface area contributed by atoms with Crippen LogP contribution in [0.3, 0.4) is 0 Å². The molecule has 0 aliphatic rings. The van der Waals surface area contributed by atoms with Gasteiger partial charge in [0.2, 0.25) is 0 Å². The topological polar surface area (TPSA) is 38.0 Å². The van der Waals surface area contributed by atoms with Gasteiger partial charge >= 0.3 is 0 Å². The van der Waals surface area contributed by atoms with Crippen molar-refractivity contribution >= 4 is 11.0 Å². The lowest BCUT2D eigenvalue weighted by Gasteiger charge is -2.14. The number of benzene rings is 3. The van der Waals surface area contributed by atoms with Crippen molar-refractivity contribution in [3.8, 4) is 0 Å². The van der Waals surface area contributed by atoms with Crippen LogP contribution in [0.2, 0.25) is 0 Å². The first-order chi connectivity index (χ1) is 12.2. The van der Waals surface area contributed by atoms with Crippen LogP contribution in [0.4, 0.5) is 0 Å². The van der Waals surface area contributed by atoms with Crippen LogP contribution >= 0.6 is 0 Å². The van der Waals surface area contributed by atoms with E-state index in [4.69, 9.17) is 4.98 Å². The highest BCUT2D eigenvalue weighted by Crippen LogP contribution is 2.26. The van der Waals surface area contributed by atoms with Crippen molar-refractivity contribution in [3.63, 3.8) is 0 Å². The van der Waals surface area contributed by atoms with Gasteiger partial charge < -0.3 is 9.67 Å². The molecule has 0 saturated carbocycles. The molecule has 1 aromatic heterocycles. The highest BCUT2D eigenvalue weighted by Gasteiger charge is 2.19. The second kappa shape index (κ2) is 6.54. The predicted octanol–water partition coefficient (Wildman–Crippen LogP) is 4.47. The van der Waals surface area contributed by atoms with E-state index in [9.17, 15) is 5.11 Å². The first-order valence-electron chi connectivity index (χ1n) is 8.46. The number of rotatable bonds is 4. The van der Waals surface area contributed by atoms with E-state index in [1.807, 2.05) is 48.5 Å². The predicted molar refractivity (Wildman–Crippen MR) is 101 cm³/mol. The number of fused-ring (bicyclic) bond motifs is 1. The van der Waals surface area contributed by atoms with Gasteiger partial charge in [-0.25, -0.2) is 4.98 Å². The molecular weight excluding hydrogens is 308 g/mol. The van der Waals surface area contributed by atoms with Crippen LogP contribution in [0.25, 0.3) is 11.0 Å². The Morgan fingerprint density at radius 3 is 2.32 bits per heavy atom. The molecule has 3 aromatic carbocycles. The van der Waals surface area contributed by atoms with Crippen LogP contribution in [0.5, 0.6) is 0 Å². The molecular formula is C22H20N2O. The Morgan fingerprint density at radius 1 is 0.880 bits per heavy atom. The lowest BCUT2D eigenvalue weighted by Crippen LogP contribution is -2.11. The summed E-state index contributed by atoms with van der Waals surface area (Å²) in [5, 5.41) is 10.9.